The molecule has 0 spiro atoms. The van der Waals surface area contributed by atoms with E-state index in [1.165, 1.54) is 11.0 Å². The first-order valence-corrected chi connectivity index (χ1v) is 13.8. The minimum absolute atomic E-state index is 0. The highest BCUT2D eigenvalue weighted by atomic mass is 19.3. The molecule has 1 heterocycles. The van der Waals surface area contributed by atoms with Crippen LogP contribution in [0.3, 0.4) is 0 Å². The third kappa shape index (κ3) is 8.02. The van der Waals surface area contributed by atoms with Crippen LogP contribution in [-0.2, 0) is 0 Å². The molecule has 218 valence electrons. The Bertz CT molecular complexity index is 1380. The second-order valence-electron chi connectivity index (χ2n) is 10.0. The summed E-state index contributed by atoms with van der Waals surface area (Å²) < 4.78 is 42.9. The number of benzene rings is 3. The molecule has 0 aromatic heterocycles. The average Bonchev–Trinajstić information content (AvgIpc) is 2.94. The van der Waals surface area contributed by atoms with Crippen LogP contribution in [0.15, 0.2) is 78.9 Å². The van der Waals surface area contributed by atoms with Gasteiger partial charge in [0.05, 0.1) is 5.71 Å². The summed E-state index contributed by atoms with van der Waals surface area (Å²) in [5.41, 5.74) is 4.32. The van der Waals surface area contributed by atoms with Crippen LogP contribution >= 0.6 is 0 Å². The van der Waals surface area contributed by atoms with Crippen LogP contribution in [0.2, 0.25) is 0 Å². The van der Waals surface area contributed by atoms with Crippen molar-refractivity contribution in [3.63, 3.8) is 0 Å². The molecule has 4 nitrogen and oxygen atoms in total. The first kappa shape index (κ1) is 31.5. The van der Waals surface area contributed by atoms with Gasteiger partial charge in [0.25, 0.3) is 0 Å². The molecule has 4 rings (SSSR count). The fraction of sp³-hybridized carbons (Fsp3) is 0.324. The maximum Gasteiger partial charge on any atom is 0.316 e. The minimum atomic E-state index is -2.63. The van der Waals surface area contributed by atoms with E-state index in [4.69, 9.17) is 5.41 Å². The Morgan fingerprint density at radius 3 is 2.27 bits per heavy atom. The fourth-order valence-electron chi connectivity index (χ4n) is 5.17. The highest BCUT2D eigenvalue weighted by molar-refractivity contribution is 6.12. The zero-order valence-electron chi connectivity index (χ0n) is 24.2. The van der Waals surface area contributed by atoms with Crippen LogP contribution in [0.1, 0.15) is 50.4 Å². The molecular formula is C34H41F3N4. The number of allylic oxidation sites excluding steroid dienone is 1. The van der Waals surface area contributed by atoms with Crippen molar-refractivity contribution in [2.45, 2.75) is 59.3 Å². The summed E-state index contributed by atoms with van der Waals surface area (Å²) in [6.45, 7) is 6.02. The lowest BCUT2D eigenvalue weighted by molar-refractivity contribution is 0.0890. The molecule has 2 N–H and O–H groups in total. The molecule has 1 saturated heterocycles. The number of piperidine rings is 1. The van der Waals surface area contributed by atoms with Crippen LogP contribution in [0, 0.1) is 37.4 Å². The van der Waals surface area contributed by atoms with E-state index in [9.17, 15) is 13.2 Å². The average molecular weight is 563 g/mol. The molecule has 41 heavy (non-hydrogen) atoms. The number of hydrogen-bond donors (Lipinski definition) is 2. The predicted molar refractivity (Wildman–Crippen MR) is 167 cm³/mol. The molecule has 0 aliphatic carbocycles. The van der Waals surface area contributed by atoms with E-state index in [0.29, 0.717) is 24.3 Å². The number of rotatable bonds is 9. The maximum absolute atomic E-state index is 14.3. The zero-order chi connectivity index (χ0) is 29.9. The van der Waals surface area contributed by atoms with Crippen LogP contribution in [0.25, 0.3) is 0 Å². The lowest BCUT2D eigenvalue weighted by Gasteiger charge is -2.43. The largest absolute Gasteiger partial charge is 0.382 e. The van der Waals surface area contributed by atoms with Gasteiger partial charge in [-0.3, -0.25) is 15.2 Å². The first-order chi connectivity index (χ1) is 19.7. The summed E-state index contributed by atoms with van der Waals surface area (Å²) in [5.74, 6) is 1.84. The summed E-state index contributed by atoms with van der Waals surface area (Å²) in [6, 6.07) is 19.6. The molecule has 1 unspecified atom stereocenters. The number of hydrogen-bond acceptors (Lipinski definition) is 4. The Hall–Kier alpha value is -4.02. The summed E-state index contributed by atoms with van der Waals surface area (Å²) in [7, 11) is 0. The summed E-state index contributed by atoms with van der Waals surface area (Å²) in [6.07, 6.45) is 9.37. The van der Waals surface area contributed by atoms with Crippen molar-refractivity contribution in [1.82, 2.24) is 4.90 Å². The van der Waals surface area contributed by atoms with Crippen molar-refractivity contribution in [3.8, 4) is 12.3 Å². The summed E-state index contributed by atoms with van der Waals surface area (Å²) >= 11 is 0. The molecule has 1 fully saturated rings. The number of likely N-dealkylation sites (tertiary alicyclic amines) is 1. The first-order valence-electron chi connectivity index (χ1n) is 13.8. The molecule has 1 atom stereocenters. The van der Waals surface area contributed by atoms with Gasteiger partial charge in [-0.2, -0.15) is 8.78 Å². The van der Waals surface area contributed by atoms with E-state index in [1.807, 2.05) is 63.3 Å². The lowest BCUT2D eigenvalue weighted by atomic mass is 9.97. The van der Waals surface area contributed by atoms with Crippen LogP contribution in [-0.4, -0.2) is 42.5 Å². The molecule has 0 amide bonds. The summed E-state index contributed by atoms with van der Waals surface area (Å²) in [4.78, 5) is 3.32. The van der Waals surface area contributed by atoms with Crippen molar-refractivity contribution in [2.75, 3.05) is 23.3 Å². The molecular weight excluding hydrogens is 521 g/mol. The van der Waals surface area contributed by atoms with Gasteiger partial charge < -0.3 is 5.32 Å². The number of aryl methyl sites for hydroxylation is 2. The highest BCUT2D eigenvalue weighted by Crippen LogP contribution is 2.30. The van der Waals surface area contributed by atoms with Gasteiger partial charge in [-0.25, -0.2) is 4.39 Å². The second-order valence-corrected chi connectivity index (χ2v) is 10.0. The van der Waals surface area contributed by atoms with Gasteiger partial charge in [0.1, 0.15) is 12.0 Å². The number of nitrogens with zero attached hydrogens (tertiary/aromatic N) is 2. The highest BCUT2D eigenvalue weighted by Gasteiger charge is 2.32. The van der Waals surface area contributed by atoms with E-state index in [1.54, 1.807) is 37.3 Å². The Kier molecular flexibility index (Phi) is 11.6. The SMILES string of the molecule is C#CC.C/C=C\C(N1CCC(Nc2ccc(C(=N)c3ccccc3F)c(C)c2)CC1)N(c1ccccc1C)C(F)F.[HH]. The monoisotopic (exact) mass is 562 g/mol. The van der Waals surface area contributed by atoms with Crippen molar-refractivity contribution >= 4 is 17.1 Å². The number of terminal acetylenes is 1. The van der Waals surface area contributed by atoms with Gasteiger partial charge in [0.2, 0.25) is 0 Å². The van der Waals surface area contributed by atoms with Gasteiger partial charge in [0, 0.05) is 43.1 Å². The van der Waals surface area contributed by atoms with E-state index in [2.05, 4.69) is 22.6 Å². The minimum Gasteiger partial charge on any atom is -0.382 e. The van der Waals surface area contributed by atoms with Gasteiger partial charge in [-0.05, 0) is 82.0 Å². The normalized spacial score (nSPS) is 14.7. The number of halogens is 3. The zero-order valence-corrected chi connectivity index (χ0v) is 24.2. The molecule has 1 aliphatic rings. The Morgan fingerprint density at radius 1 is 1.05 bits per heavy atom. The molecule has 1 aliphatic heterocycles. The molecule has 0 bridgehead atoms. The molecule has 3 aromatic rings. The van der Waals surface area contributed by atoms with Gasteiger partial charge in [-0.15, -0.1) is 12.3 Å². The van der Waals surface area contributed by atoms with Crippen LogP contribution < -0.4 is 10.2 Å². The van der Waals surface area contributed by atoms with Gasteiger partial charge >= 0.3 is 6.55 Å². The predicted octanol–water partition coefficient (Wildman–Crippen LogP) is 8.25. The van der Waals surface area contributed by atoms with E-state index in [-0.39, 0.29) is 18.7 Å². The molecule has 0 saturated carbocycles. The topological polar surface area (TPSA) is 42.4 Å². The third-order valence-electron chi connectivity index (χ3n) is 7.17. The third-order valence-corrected chi connectivity index (χ3v) is 7.17. The number of anilines is 2. The van der Waals surface area contributed by atoms with E-state index < -0.39 is 18.5 Å². The quantitative estimate of drug-likeness (QED) is 0.119. The smallest absolute Gasteiger partial charge is 0.316 e. The van der Waals surface area contributed by atoms with Crippen molar-refractivity contribution in [1.29, 1.82) is 5.41 Å². The van der Waals surface area contributed by atoms with E-state index in [0.717, 1.165) is 29.7 Å². The maximum atomic E-state index is 14.3. The van der Waals surface area contributed by atoms with Crippen LogP contribution in [0.4, 0.5) is 24.5 Å². The number of alkyl halides is 2. The Morgan fingerprint density at radius 2 is 1.68 bits per heavy atom. The standard InChI is InChI=1S/C31H35F3N4.C3H4.H2/c1-4-9-29(38(31(33)34)28-13-8-5-10-21(28)2)37-18-16-23(17-19-37)36-24-14-15-25(22(3)20-24)30(35)26-11-6-7-12-27(26)32;1-3-2;/h4-15,20,23,29,31,35-36H,16-19H2,1-3H3;1H,2H3;1H/b9-4-,35-30?;;. The Labute approximate surface area is 243 Å². The Balaban J connectivity index is 0.00000148. The lowest BCUT2D eigenvalue weighted by Crippen LogP contribution is -2.53. The van der Waals surface area contributed by atoms with Gasteiger partial charge in [-0.1, -0.05) is 48.6 Å². The van der Waals surface area contributed by atoms with E-state index >= 15 is 0 Å². The molecule has 0 radical (unpaired) electrons. The van der Waals surface area contributed by atoms with Crippen molar-refractivity contribution < 1.29 is 14.6 Å². The molecule has 3 aromatic carbocycles. The summed E-state index contributed by atoms with van der Waals surface area (Å²) in [5, 5.41) is 12.1. The second kappa shape index (κ2) is 15.1. The van der Waals surface area contributed by atoms with Crippen LogP contribution in [0.5, 0.6) is 0 Å². The van der Waals surface area contributed by atoms with Crippen molar-refractivity contribution in [2.24, 2.45) is 0 Å². The fourth-order valence-corrected chi connectivity index (χ4v) is 5.17. The van der Waals surface area contributed by atoms with Gasteiger partial charge in [0.15, 0.2) is 0 Å². The number of para-hydroxylation sites is 1. The van der Waals surface area contributed by atoms with Crippen molar-refractivity contribution in [3.05, 3.63) is 107 Å². The molecule has 7 heteroatoms. The number of nitrogens with one attached hydrogen (secondary N) is 2.